The van der Waals surface area contributed by atoms with Crippen molar-refractivity contribution in [1.29, 1.82) is 0 Å². The SMILES string of the molecule is CCCCCCCCCCCCC(C(=O)[O-])(C(=O)[O-])c1ccccc1.[Li+].[Li+]. The number of carboxylic acid groups (broad SMARTS) is 2. The third-order valence-electron chi connectivity index (χ3n) is 4.87. The number of benzene rings is 1. The molecule has 0 fully saturated rings. The van der Waals surface area contributed by atoms with Gasteiger partial charge in [-0.15, -0.1) is 0 Å². The molecule has 0 atom stereocenters. The van der Waals surface area contributed by atoms with Crippen LogP contribution < -0.4 is 47.9 Å². The van der Waals surface area contributed by atoms with Gasteiger partial charge in [-0.05, 0) is 12.0 Å². The van der Waals surface area contributed by atoms with E-state index in [-0.39, 0.29) is 49.7 Å². The molecule has 0 aliphatic heterocycles. The van der Waals surface area contributed by atoms with Gasteiger partial charge in [0.2, 0.25) is 0 Å². The van der Waals surface area contributed by atoms with E-state index in [9.17, 15) is 19.8 Å². The summed E-state index contributed by atoms with van der Waals surface area (Å²) in [4.78, 5) is 23.2. The van der Waals surface area contributed by atoms with Crippen LogP contribution >= 0.6 is 0 Å². The summed E-state index contributed by atoms with van der Waals surface area (Å²) in [5.41, 5.74) is -1.83. The first-order valence-electron chi connectivity index (χ1n) is 9.54. The summed E-state index contributed by atoms with van der Waals surface area (Å²) in [5, 5.41) is 23.2. The molecule has 0 saturated carbocycles. The van der Waals surface area contributed by atoms with Crippen molar-refractivity contribution in [2.75, 3.05) is 0 Å². The molecule has 0 spiro atoms. The molecule has 0 aromatic heterocycles. The molecule has 0 amide bonds. The molecule has 6 heteroatoms. The Morgan fingerprint density at radius 3 is 1.56 bits per heavy atom. The van der Waals surface area contributed by atoms with Crippen LogP contribution in [-0.2, 0) is 15.0 Å². The Labute approximate surface area is 187 Å². The fourth-order valence-electron chi connectivity index (χ4n) is 3.27. The van der Waals surface area contributed by atoms with E-state index in [1.165, 1.54) is 50.7 Å². The zero-order chi connectivity index (χ0) is 18.5. The van der Waals surface area contributed by atoms with Crippen LogP contribution in [0.3, 0.4) is 0 Å². The number of aliphatic carboxylic acids is 2. The van der Waals surface area contributed by atoms with Gasteiger partial charge in [0.25, 0.3) is 0 Å². The van der Waals surface area contributed by atoms with Crippen molar-refractivity contribution in [3.05, 3.63) is 35.9 Å². The average molecular weight is 360 g/mol. The van der Waals surface area contributed by atoms with E-state index >= 15 is 0 Å². The number of rotatable bonds is 14. The Bertz CT molecular complexity index is 506. The third kappa shape index (κ3) is 9.40. The number of carbonyl (C=O) groups is 2. The molecule has 0 heterocycles. The molecule has 0 bridgehead atoms. The normalized spacial score (nSPS) is 10.6. The summed E-state index contributed by atoms with van der Waals surface area (Å²) in [6, 6.07) is 8.02. The topological polar surface area (TPSA) is 80.3 Å². The smallest absolute Gasteiger partial charge is 0.549 e. The second kappa shape index (κ2) is 16.3. The van der Waals surface area contributed by atoms with E-state index in [4.69, 9.17) is 0 Å². The van der Waals surface area contributed by atoms with Crippen molar-refractivity contribution in [2.24, 2.45) is 0 Å². The zero-order valence-electron chi connectivity index (χ0n) is 17.3. The first-order chi connectivity index (χ1) is 12.1. The van der Waals surface area contributed by atoms with Crippen LogP contribution in [0.1, 0.15) is 83.1 Å². The minimum absolute atomic E-state index is 0. The molecule has 0 aliphatic rings. The first kappa shape index (κ1) is 28.6. The fourth-order valence-corrected chi connectivity index (χ4v) is 3.27. The molecule has 140 valence electrons. The van der Waals surface area contributed by atoms with E-state index in [1.807, 2.05) is 0 Å². The van der Waals surface area contributed by atoms with Crippen molar-refractivity contribution < 1.29 is 57.5 Å². The standard InChI is InChI=1S/C21H32O4.2Li/c1-2-3-4-5-6-7-8-9-10-14-17-21(19(22)23,20(24)25)18-15-12-11-13-16-18;;/h11-13,15-16H,2-10,14,17H2,1H3,(H,22,23)(H,24,25);;/q;2*+1/p-2. The molecular weight excluding hydrogens is 330 g/mol. The molecule has 0 saturated heterocycles. The average Bonchev–Trinajstić information content (AvgIpc) is 2.60. The van der Waals surface area contributed by atoms with E-state index < -0.39 is 17.4 Å². The Hall–Kier alpha value is -0.645. The maximum atomic E-state index is 11.6. The Morgan fingerprint density at radius 1 is 0.741 bits per heavy atom. The molecule has 0 aliphatic carbocycles. The van der Waals surface area contributed by atoms with E-state index in [2.05, 4.69) is 6.92 Å². The molecule has 1 aromatic carbocycles. The van der Waals surface area contributed by atoms with Gasteiger partial charge < -0.3 is 19.8 Å². The number of hydrogen-bond donors (Lipinski definition) is 0. The second-order valence-electron chi connectivity index (χ2n) is 6.78. The van der Waals surface area contributed by atoms with Crippen LogP contribution in [0.5, 0.6) is 0 Å². The number of hydrogen-bond acceptors (Lipinski definition) is 4. The second-order valence-corrected chi connectivity index (χ2v) is 6.78. The van der Waals surface area contributed by atoms with Crippen LogP contribution in [0, 0.1) is 0 Å². The van der Waals surface area contributed by atoms with E-state index in [0.29, 0.717) is 6.42 Å². The number of carbonyl (C=O) groups excluding carboxylic acids is 2. The van der Waals surface area contributed by atoms with Crippen LogP contribution in [-0.4, -0.2) is 11.9 Å². The van der Waals surface area contributed by atoms with E-state index in [1.54, 1.807) is 18.2 Å². The monoisotopic (exact) mass is 360 g/mol. The van der Waals surface area contributed by atoms with Crippen LogP contribution in [0.4, 0.5) is 0 Å². The quantitative estimate of drug-likeness (QED) is 0.198. The van der Waals surface area contributed by atoms with Crippen molar-refractivity contribution in [3.63, 3.8) is 0 Å². The molecule has 0 radical (unpaired) electrons. The summed E-state index contributed by atoms with van der Waals surface area (Å²) in [5.74, 6) is -3.18. The van der Waals surface area contributed by atoms with Gasteiger partial charge >= 0.3 is 37.7 Å². The maximum absolute atomic E-state index is 11.6. The predicted molar refractivity (Wildman–Crippen MR) is 94.6 cm³/mol. The largest absolute Gasteiger partial charge is 1.00 e. The summed E-state index contributed by atoms with van der Waals surface area (Å²) in [6.07, 6.45) is 11.0. The van der Waals surface area contributed by atoms with Gasteiger partial charge in [0.15, 0.2) is 0 Å². The number of carboxylic acids is 2. The van der Waals surface area contributed by atoms with Gasteiger partial charge in [0.05, 0.1) is 17.4 Å². The summed E-state index contributed by atoms with van der Waals surface area (Å²) < 4.78 is 0. The Balaban J connectivity index is 0. The minimum atomic E-state index is -2.05. The third-order valence-corrected chi connectivity index (χ3v) is 4.87. The van der Waals surface area contributed by atoms with Crippen LogP contribution in [0.15, 0.2) is 30.3 Å². The van der Waals surface area contributed by atoms with Gasteiger partial charge in [-0.3, -0.25) is 0 Å². The molecule has 0 N–H and O–H groups in total. The Morgan fingerprint density at radius 2 is 1.15 bits per heavy atom. The van der Waals surface area contributed by atoms with Crippen molar-refractivity contribution in [3.8, 4) is 0 Å². The zero-order valence-corrected chi connectivity index (χ0v) is 17.3. The maximum Gasteiger partial charge on any atom is 1.00 e. The van der Waals surface area contributed by atoms with Gasteiger partial charge in [0, 0.05) is 0 Å². The van der Waals surface area contributed by atoms with Gasteiger partial charge in [0.1, 0.15) is 0 Å². The van der Waals surface area contributed by atoms with Crippen molar-refractivity contribution >= 4 is 11.9 Å². The molecular formula is C21H30Li2O4. The van der Waals surface area contributed by atoms with Crippen LogP contribution in [0.25, 0.3) is 0 Å². The van der Waals surface area contributed by atoms with Crippen LogP contribution in [0.2, 0.25) is 0 Å². The minimum Gasteiger partial charge on any atom is -0.549 e. The molecule has 0 unspecified atom stereocenters. The first-order valence-corrected chi connectivity index (χ1v) is 9.54. The van der Waals surface area contributed by atoms with Crippen molar-refractivity contribution in [1.82, 2.24) is 0 Å². The van der Waals surface area contributed by atoms with Gasteiger partial charge in [-0.1, -0.05) is 101 Å². The molecule has 1 rings (SSSR count). The molecule has 4 nitrogen and oxygen atoms in total. The summed E-state index contributed by atoms with van der Waals surface area (Å²) in [7, 11) is 0. The van der Waals surface area contributed by atoms with Crippen molar-refractivity contribution in [2.45, 2.75) is 83.0 Å². The fraction of sp³-hybridized carbons (Fsp3) is 0.619. The molecule has 1 aromatic rings. The Kier molecular flexibility index (Phi) is 17.3. The van der Waals surface area contributed by atoms with E-state index in [0.717, 1.165) is 19.3 Å². The van der Waals surface area contributed by atoms with Gasteiger partial charge in [-0.2, -0.15) is 0 Å². The summed E-state index contributed by atoms with van der Waals surface area (Å²) >= 11 is 0. The molecule has 27 heavy (non-hydrogen) atoms. The predicted octanol–water partition coefficient (Wildman–Crippen LogP) is -3.26. The summed E-state index contributed by atoms with van der Waals surface area (Å²) in [6.45, 7) is 2.20. The van der Waals surface area contributed by atoms with Gasteiger partial charge in [-0.25, -0.2) is 0 Å². The number of unbranched alkanes of at least 4 members (excludes halogenated alkanes) is 9.